The van der Waals surface area contributed by atoms with E-state index in [4.69, 9.17) is 21.6 Å². The molecule has 0 radical (unpaired) electrons. The number of fused-ring (bicyclic) bond motifs is 1. The van der Waals surface area contributed by atoms with Gasteiger partial charge in [-0.05, 0) is 48.9 Å². The minimum Gasteiger partial charge on any atom is -0.309 e. The lowest BCUT2D eigenvalue weighted by molar-refractivity contribution is -0.384. The number of benzene rings is 3. The molecule has 1 heterocycles. The molecule has 0 fully saturated rings. The minimum atomic E-state index is -0.510. The zero-order valence-corrected chi connectivity index (χ0v) is 17.2. The number of hydrogen-bond donors (Lipinski definition) is 1. The summed E-state index contributed by atoms with van der Waals surface area (Å²) in [6, 6.07) is 20.1. The number of nitrogens with zero attached hydrogens (tertiary/aromatic N) is 3. The van der Waals surface area contributed by atoms with Crippen molar-refractivity contribution in [1.82, 2.24) is 5.32 Å². The molecule has 1 N–H and O–H groups in total. The number of rotatable bonds is 3. The number of para-hydroxylation sites is 2. The van der Waals surface area contributed by atoms with E-state index in [0.29, 0.717) is 22.2 Å². The number of hydrogen-bond acceptors (Lipinski definition) is 5. The van der Waals surface area contributed by atoms with Gasteiger partial charge in [0.15, 0.2) is 0 Å². The molecule has 1 aliphatic rings. The second kappa shape index (κ2) is 8.49. The van der Waals surface area contributed by atoms with Crippen LogP contribution in [0.1, 0.15) is 28.8 Å². The molecule has 31 heavy (non-hydrogen) atoms. The van der Waals surface area contributed by atoms with Crippen molar-refractivity contribution in [2.75, 3.05) is 0 Å². The molecule has 7 nitrogen and oxygen atoms in total. The highest BCUT2D eigenvalue weighted by atomic mass is 35.5. The Bertz CT molecular complexity index is 1220. The predicted molar refractivity (Wildman–Crippen MR) is 121 cm³/mol. The van der Waals surface area contributed by atoms with Crippen LogP contribution >= 0.6 is 11.6 Å². The third-order valence-electron chi connectivity index (χ3n) is 4.90. The van der Waals surface area contributed by atoms with E-state index in [1.807, 2.05) is 43.3 Å². The zero-order valence-electron chi connectivity index (χ0n) is 16.4. The van der Waals surface area contributed by atoms with Gasteiger partial charge in [-0.25, -0.2) is 4.99 Å². The normalized spacial score (nSPS) is 15.2. The fraction of sp³-hybridized carbons (Fsp3) is 0.0870. The summed E-state index contributed by atoms with van der Waals surface area (Å²) in [5.74, 6) is -0.400. The van der Waals surface area contributed by atoms with Crippen molar-refractivity contribution in [3.63, 3.8) is 0 Å². The van der Waals surface area contributed by atoms with Gasteiger partial charge in [-0.3, -0.25) is 19.9 Å². The van der Waals surface area contributed by atoms with Gasteiger partial charge in [0.2, 0.25) is 0 Å². The summed E-state index contributed by atoms with van der Waals surface area (Å²) >= 11 is 6.05. The Morgan fingerprint density at radius 2 is 1.58 bits per heavy atom. The lowest BCUT2D eigenvalue weighted by Crippen LogP contribution is -2.37. The SMILES string of the molecule is CC1=Nc2ccccc2N=C(NC(=O)c2ccc([N+](=O)[O-])cc2)[C@H]1c1ccc(Cl)cc1. The van der Waals surface area contributed by atoms with E-state index in [0.717, 1.165) is 11.3 Å². The molecular weight excluding hydrogens is 416 g/mol. The smallest absolute Gasteiger partial charge is 0.269 e. The van der Waals surface area contributed by atoms with Gasteiger partial charge in [0, 0.05) is 28.4 Å². The van der Waals surface area contributed by atoms with Gasteiger partial charge in [-0.15, -0.1) is 0 Å². The maximum absolute atomic E-state index is 12.9. The van der Waals surface area contributed by atoms with Crippen LogP contribution in [0.3, 0.4) is 0 Å². The van der Waals surface area contributed by atoms with Gasteiger partial charge >= 0.3 is 0 Å². The molecule has 0 unspecified atom stereocenters. The number of carbonyl (C=O) groups excluding carboxylic acids is 1. The van der Waals surface area contributed by atoms with Crippen LogP contribution < -0.4 is 5.32 Å². The third-order valence-corrected chi connectivity index (χ3v) is 5.15. The molecule has 0 saturated carbocycles. The molecule has 4 rings (SSSR count). The zero-order chi connectivity index (χ0) is 22.0. The number of non-ortho nitro benzene ring substituents is 1. The van der Waals surface area contributed by atoms with E-state index in [1.165, 1.54) is 24.3 Å². The van der Waals surface area contributed by atoms with Crippen LogP contribution in [0.25, 0.3) is 0 Å². The van der Waals surface area contributed by atoms with Crippen LogP contribution in [0.5, 0.6) is 0 Å². The van der Waals surface area contributed by atoms with Crippen molar-refractivity contribution in [2.24, 2.45) is 9.98 Å². The average molecular weight is 433 g/mol. The second-order valence-corrected chi connectivity index (χ2v) is 7.42. The van der Waals surface area contributed by atoms with E-state index in [2.05, 4.69) is 5.32 Å². The number of nitro benzene ring substituents is 1. The van der Waals surface area contributed by atoms with Crippen LogP contribution in [0.15, 0.2) is 82.8 Å². The van der Waals surface area contributed by atoms with Crippen molar-refractivity contribution < 1.29 is 9.72 Å². The molecule has 3 aromatic carbocycles. The largest absolute Gasteiger partial charge is 0.309 e. The molecule has 0 bridgehead atoms. The molecule has 3 aromatic rings. The Hall–Kier alpha value is -3.84. The van der Waals surface area contributed by atoms with Gasteiger partial charge in [-0.1, -0.05) is 35.9 Å². The molecule has 0 aliphatic carbocycles. The molecule has 8 heteroatoms. The van der Waals surface area contributed by atoms with E-state index >= 15 is 0 Å². The van der Waals surface area contributed by atoms with Crippen molar-refractivity contribution in [1.29, 1.82) is 0 Å². The number of amidine groups is 1. The molecule has 1 atom stereocenters. The number of amides is 1. The summed E-state index contributed by atoms with van der Waals surface area (Å²) in [6.45, 7) is 1.88. The Morgan fingerprint density at radius 3 is 2.19 bits per heavy atom. The maximum Gasteiger partial charge on any atom is 0.269 e. The lowest BCUT2D eigenvalue weighted by atomic mass is 9.93. The van der Waals surface area contributed by atoms with Crippen molar-refractivity contribution >= 4 is 46.1 Å². The number of halogens is 1. The van der Waals surface area contributed by atoms with Crippen molar-refractivity contribution in [3.8, 4) is 0 Å². The standard InChI is InChI=1S/C23H17ClN4O3/c1-14-21(15-6-10-17(24)11-7-15)22(26-20-5-3-2-4-19(20)25-14)27-23(29)16-8-12-18(13-9-16)28(30)31/h2-13,21H,1H3,(H,26,27,29)/t21-/m1/s1. The first-order chi connectivity index (χ1) is 14.9. The minimum absolute atomic E-state index is 0.0840. The molecule has 154 valence electrons. The topological polar surface area (TPSA) is 97.0 Å². The molecule has 1 amide bonds. The van der Waals surface area contributed by atoms with Crippen molar-refractivity contribution in [3.05, 3.63) is 99.1 Å². The molecular formula is C23H17ClN4O3. The quantitative estimate of drug-likeness (QED) is 0.431. The lowest BCUT2D eigenvalue weighted by Gasteiger charge is -2.19. The highest BCUT2D eigenvalue weighted by Crippen LogP contribution is 2.34. The fourth-order valence-corrected chi connectivity index (χ4v) is 3.50. The summed E-state index contributed by atoms with van der Waals surface area (Å²) in [4.78, 5) is 32.7. The number of aliphatic imine (C=N–C) groups is 2. The monoisotopic (exact) mass is 432 g/mol. The molecule has 1 aliphatic heterocycles. The van der Waals surface area contributed by atoms with Crippen LogP contribution in [-0.4, -0.2) is 22.4 Å². The van der Waals surface area contributed by atoms with Gasteiger partial charge in [0.25, 0.3) is 11.6 Å². The van der Waals surface area contributed by atoms with Gasteiger partial charge in [0.05, 0.1) is 22.2 Å². The number of carbonyl (C=O) groups is 1. The highest BCUT2D eigenvalue weighted by molar-refractivity contribution is 6.30. The van der Waals surface area contributed by atoms with E-state index in [-0.39, 0.29) is 11.3 Å². The van der Waals surface area contributed by atoms with E-state index in [1.54, 1.807) is 12.1 Å². The van der Waals surface area contributed by atoms with E-state index < -0.39 is 16.7 Å². The highest BCUT2D eigenvalue weighted by Gasteiger charge is 2.27. The summed E-state index contributed by atoms with van der Waals surface area (Å²) in [5, 5.41) is 14.4. The van der Waals surface area contributed by atoms with Gasteiger partial charge in [-0.2, -0.15) is 0 Å². The first-order valence-corrected chi connectivity index (χ1v) is 9.84. The van der Waals surface area contributed by atoms with Crippen LogP contribution in [-0.2, 0) is 0 Å². The Morgan fingerprint density at radius 1 is 0.968 bits per heavy atom. The number of nitrogens with one attached hydrogen (secondary N) is 1. The molecule has 0 saturated heterocycles. The average Bonchev–Trinajstić information content (AvgIpc) is 2.90. The Labute approximate surface area is 183 Å². The summed E-state index contributed by atoms with van der Waals surface area (Å²) in [7, 11) is 0. The maximum atomic E-state index is 12.9. The van der Waals surface area contributed by atoms with Crippen LogP contribution in [0.2, 0.25) is 5.02 Å². The van der Waals surface area contributed by atoms with Crippen LogP contribution in [0, 0.1) is 10.1 Å². The van der Waals surface area contributed by atoms with E-state index in [9.17, 15) is 14.9 Å². The first kappa shape index (κ1) is 20.4. The fourth-order valence-electron chi connectivity index (χ4n) is 3.38. The Kier molecular flexibility index (Phi) is 5.60. The summed E-state index contributed by atoms with van der Waals surface area (Å²) in [6.07, 6.45) is 0. The third kappa shape index (κ3) is 4.36. The van der Waals surface area contributed by atoms with Crippen LogP contribution in [0.4, 0.5) is 17.1 Å². The number of nitro groups is 1. The summed E-state index contributed by atoms with van der Waals surface area (Å²) in [5.41, 5.74) is 3.18. The Balaban J connectivity index is 1.74. The second-order valence-electron chi connectivity index (χ2n) is 6.98. The first-order valence-electron chi connectivity index (χ1n) is 9.46. The summed E-state index contributed by atoms with van der Waals surface area (Å²) < 4.78 is 0. The van der Waals surface area contributed by atoms with Crippen molar-refractivity contribution in [2.45, 2.75) is 12.8 Å². The molecule has 0 aromatic heterocycles. The van der Waals surface area contributed by atoms with Gasteiger partial charge < -0.3 is 5.32 Å². The predicted octanol–water partition coefficient (Wildman–Crippen LogP) is 5.60. The molecule has 0 spiro atoms. The van der Waals surface area contributed by atoms with Gasteiger partial charge in [0.1, 0.15) is 5.84 Å².